The quantitative estimate of drug-likeness (QED) is 0.325. The van der Waals surface area contributed by atoms with Crippen LogP contribution in [0.1, 0.15) is 15.9 Å². The second-order valence-corrected chi connectivity index (χ2v) is 8.38. The van der Waals surface area contributed by atoms with Gasteiger partial charge in [0, 0.05) is 20.4 Å². The molecule has 1 amide bonds. The van der Waals surface area contributed by atoms with Gasteiger partial charge in [0.15, 0.2) is 0 Å². The van der Waals surface area contributed by atoms with Gasteiger partial charge >= 0.3 is 0 Å². The molecule has 0 bridgehead atoms. The SMILES string of the molecule is Cc1cc(Br)cc2c(C(=O)Nc3ccc(Cl)cc3Cl)cc(-c3ccccc3)nc12. The average Bonchev–Trinajstić information content (AvgIpc) is 2.70. The van der Waals surface area contributed by atoms with Gasteiger partial charge in [0.1, 0.15) is 0 Å². The third kappa shape index (κ3) is 4.15. The molecule has 4 rings (SSSR count). The lowest BCUT2D eigenvalue weighted by Crippen LogP contribution is -2.13. The first kappa shape index (κ1) is 19.9. The molecule has 1 aromatic heterocycles. The summed E-state index contributed by atoms with van der Waals surface area (Å²) in [5, 5.41) is 4.54. The number of fused-ring (bicyclic) bond motifs is 1. The van der Waals surface area contributed by atoms with E-state index in [9.17, 15) is 4.79 Å². The van der Waals surface area contributed by atoms with E-state index in [0.29, 0.717) is 21.3 Å². The molecule has 0 atom stereocenters. The molecule has 0 aliphatic rings. The lowest BCUT2D eigenvalue weighted by atomic mass is 10.0. The number of anilines is 1. The van der Waals surface area contributed by atoms with Crippen molar-refractivity contribution in [3.63, 3.8) is 0 Å². The molecule has 4 aromatic rings. The Kier molecular flexibility index (Phi) is 5.59. The van der Waals surface area contributed by atoms with Gasteiger partial charge in [-0.05, 0) is 48.9 Å². The summed E-state index contributed by atoms with van der Waals surface area (Å²) in [7, 11) is 0. The monoisotopic (exact) mass is 484 g/mol. The number of halogens is 3. The molecule has 29 heavy (non-hydrogen) atoms. The zero-order valence-corrected chi connectivity index (χ0v) is 18.4. The minimum Gasteiger partial charge on any atom is -0.321 e. The van der Waals surface area contributed by atoms with Crippen molar-refractivity contribution in [1.29, 1.82) is 0 Å². The molecule has 3 aromatic carbocycles. The van der Waals surface area contributed by atoms with E-state index in [2.05, 4.69) is 21.2 Å². The number of carbonyl (C=O) groups excluding carboxylic acids is 1. The molecule has 1 heterocycles. The molecule has 0 radical (unpaired) electrons. The lowest BCUT2D eigenvalue weighted by Gasteiger charge is -2.13. The molecule has 0 aliphatic carbocycles. The zero-order valence-electron chi connectivity index (χ0n) is 15.3. The first-order valence-electron chi connectivity index (χ1n) is 8.85. The second kappa shape index (κ2) is 8.15. The molecule has 0 fully saturated rings. The van der Waals surface area contributed by atoms with Gasteiger partial charge in [-0.15, -0.1) is 0 Å². The van der Waals surface area contributed by atoms with Crippen LogP contribution in [0.4, 0.5) is 5.69 Å². The van der Waals surface area contributed by atoms with Gasteiger partial charge in [0.2, 0.25) is 0 Å². The standard InChI is InChI=1S/C23H15BrCl2N2O/c1-13-9-15(24)10-17-18(23(29)28-20-8-7-16(25)11-19(20)26)12-21(27-22(13)17)14-5-3-2-4-6-14/h2-12H,1H3,(H,28,29). The van der Waals surface area contributed by atoms with E-state index in [-0.39, 0.29) is 5.91 Å². The summed E-state index contributed by atoms with van der Waals surface area (Å²) in [5.41, 5.74) is 4.45. The number of nitrogens with zero attached hydrogens (tertiary/aromatic N) is 1. The molecule has 0 aliphatic heterocycles. The van der Waals surface area contributed by atoms with Crippen molar-refractivity contribution in [2.45, 2.75) is 6.92 Å². The summed E-state index contributed by atoms with van der Waals surface area (Å²) in [6.45, 7) is 1.98. The number of nitrogens with one attached hydrogen (secondary N) is 1. The van der Waals surface area contributed by atoms with Crippen LogP contribution in [0.15, 0.2) is 71.2 Å². The number of amides is 1. The predicted octanol–water partition coefficient (Wildman–Crippen LogP) is 7.53. The molecule has 3 nitrogen and oxygen atoms in total. The number of rotatable bonds is 3. The molecule has 6 heteroatoms. The molecule has 0 saturated carbocycles. The Morgan fingerprint density at radius 3 is 2.48 bits per heavy atom. The van der Waals surface area contributed by atoms with E-state index in [4.69, 9.17) is 28.2 Å². The normalized spacial score (nSPS) is 10.9. The van der Waals surface area contributed by atoms with Gasteiger partial charge in [-0.25, -0.2) is 4.98 Å². The summed E-state index contributed by atoms with van der Waals surface area (Å²) in [5.74, 6) is -0.267. The number of hydrogen-bond donors (Lipinski definition) is 1. The second-order valence-electron chi connectivity index (χ2n) is 6.62. The van der Waals surface area contributed by atoms with Crippen molar-refractivity contribution in [3.8, 4) is 11.3 Å². The summed E-state index contributed by atoms with van der Waals surface area (Å²) < 4.78 is 0.885. The molecule has 144 valence electrons. The Balaban J connectivity index is 1.88. The Bertz CT molecular complexity index is 1240. The van der Waals surface area contributed by atoms with Crippen LogP contribution in [-0.4, -0.2) is 10.9 Å². The van der Waals surface area contributed by atoms with Crippen molar-refractivity contribution in [1.82, 2.24) is 4.98 Å². The van der Waals surface area contributed by atoms with E-state index in [1.807, 2.05) is 55.5 Å². The minimum atomic E-state index is -0.267. The minimum absolute atomic E-state index is 0.267. The Morgan fingerprint density at radius 2 is 1.76 bits per heavy atom. The van der Waals surface area contributed by atoms with Crippen LogP contribution in [-0.2, 0) is 0 Å². The van der Waals surface area contributed by atoms with E-state index in [1.165, 1.54) is 0 Å². The number of carbonyl (C=O) groups is 1. The van der Waals surface area contributed by atoms with Gasteiger partial charge < -0.3 is 5.32 Å². The van der Waals surface area contributed by atoms with Crippen LogP contribution in [0, 0.1) is 6.92 Å². The number of pyridine rings is 1. The number of benzene rings is 3. The maximum Gasteiger partial charge on any atom is 0.256 e. The van der Waals surface area contributed by atoms with E-state index in [1.54, 1.807) is 18.2 Å². The summed E-state index contributed by atoms with van der Waals surface area (Å²) >= 11 is 15.7. The first-order chi connectivity index (χ1) is 13.9. The molecule has 0 saturated heterocycles. The van der Waals surface area contributed by atoms with Crippen LogP contribution < -0.4 is 5.32 Å². The highest BCUT2D eigenvalue weighted by Gasteiger charge is 2.17. The summed E-state index contributed by atoms with van der Waals surface area (Å²) in [4.78, 5) is 18.0. The maximum absolute atomic E-state index is 13.2. The van der Waals surface area contributed by atoms with Crippen LogP contribution >= 0.6 is 39.1 Å². The number of hydrogen-bond acceptors (Lipinski definition) is 2. The van der Waals surface area contributed by atoms with Crippen molar-refractivity contribution in [2.75, 3.05) is 5.32 Å². The number of aromatic nitrogens is 1. The predicted molar refractivity (Wildman–Crippen MR) is 124 cm³/mol. The Morgan fingerprint density at radius 1 is 1.00 bits per heavy atom. The third-order valence-electron chi connectivity index (χ3n) is 4.56. The van der Waals surface area contributed by atoms with Crippen LogP contribution in [0.2, 0.25) is 10.0 Å². The largest absolute Gasteiger partial charge is 0.321 e. The van der Waals surface area contributed by atoms with Gasteiger partial charge in [-0.2, -0.15) is 0 Å². The molecular weight excluding hydrogens is 471 g/mol. The highest BCUT2D eigenvalue weighted by atomic mass is 79.9. The van der Waals surface area contributed by atoms with Gasteiger partial charge in [-0.3, -0.25) is 4.79 Å². The van der Waals surface area contributed by atoms with E-state index < -0.39 is 0 Å². The average molecular weight is 486 g/mol. The highest BCUT2D eigenvalue weighted by Crippen LogP contribution is 2.31. The maximum atomic E-state index is 13.2. The van der Waals surface area contributed by atoms with E-state index in [0.717, 1.165) is 32.2 Å². The Labute approximate surface area is 186 Å². The van der Waals surface area contributed by atoms with Crippen molar-refractivity contribution in [3.05, 3.63) is 92.4 Å². The number of aryl methyl sites for hydroxylation is 1. The summed E-state index contributed by atoms with van der Waals surface area (Å²) in [6, 6.07) is 20.5. The molecular formula is C23H15BrCl2N2O. The summed E-state index contributed by atoms with van der Waals surface area (Å²) in [6.07, 6.45) is 0. The van der Waals surface area contributed by atoms with Gasteiger partial charge in [0.05, 0.1) is 27.5 Å². The molecule has 0 spiro atoms. The topological polar surface area (TPSA) is 42.0 Å². The highest BCUT2D eigenvalue weighted by molar-refractivity contribution is 9.10. The fourth-order valence-corrected chi connectivity index (χ4v) is 4.21. The van der Waals surface area contributed by atoms with Gasteiger partial charge in [0.25, 0.3) is 5.91 Å². The van der Waals surface area contributed by atoms with Crippen molar-refractivity contribution in [2.24, 2.45) is 0 Å². The molecule has 0 unspecified atom stereocenters. The molecule has 1 N–H and O–H groups in total. The fraction of sp³-hybridized carbons (Fsp3) is 0.0435. The Hall–Kier alpha value is -2.40. The zero-order chi connectivity index (χ0) is 20.5. The van der Waals surface area contributed by atoms with Crippen LogP contribution in [0.5, 0.6) is 0 Å². The van der Waals surface area contributed by atoms with E-state index >= 15 is 0 Å². The van der Waals surface area contributed by atoms with Gasteiger partial charge in [-0.1, -0.05) is 69.5 Å². The van der Waals surface area contributed by atoms with Crippen molar-refractivity contribution >= 4 is 61.6 Å². The lowest BCUT2D eigenvalue weighted by molar-refractivity contribution is 0.102. The van der Waals surface area contributed by atoms with Crippen molar-refractivity contribution < 1.29 is 4.79 Å². The van der Waals surface area contributed by atoms with Crippen LogP contribution in [0.3, 0.4) is 0 Å². The first-order valence-corrected chi connectivity index (χ1v) is 10.4. The fourth-order valence-electron chi connectivity index (χ4n) is 3.18. The van der Waals surface area contributed by atoms with Crippen LogP contribution in [0.25, 0.3) is 22.2 Å². The smallest absolute Gasteiger partial charge is 0.256 e. The third-order valence-corrected chi connectivity index (χ3v) is 5.57.